The van der Waals surface area contributed by atoms with Crippen LogP contribution in [-0.4, -0.2) is 57.1 Å². The monoisotopic (exact) mass is 322 g/mol. The Bertz CT molecular complexity index is 686. The van der Waals surface area contributed by atoms with Crippen LogP contribution in [0.2, 0.25) is 0 Å². The maximum Gasteiger partial charge on any atom is 0.358 e. The molecule has 1 N–H and O–H groups in total. The van der Waals surface area contributed by atoms with Crippen LogP contribution >= 0.6 is 0 Å². The first-order chi connectivity index (χ1) is 11.0. The van der Waals surface area contributed by atoms with Gasteiger partial charge in [-0.15, -0.1) is 5.10 Å². The van der Waals surface area contributed by atoms with E-state index in [1.807, 2.05) is 0 Å². The Morgan fingerprint density at radius 3 is 2.65 bits per heavy atom. The molecular weight excluding hydrogens is 307 g/mol. The third kappa shape index (κ3) is 4.77. The highest BCUT2D eigenvalue weighted by molar-refractivity contribution is 5.84. The molecule has 9 heteroatoms. The van der Waals surface area contributed by atoms with Gasteiger partial charge in [-0.25, -0.2) is 13.9 Å². The van der Waals surface area contributed by atoms with Gasteiger partial charge in [-0.2, -0.15) is 0 Å². The predicted molar refractivity (Wildman–Crippen MR) is 76.5 cm³/mol. The molecule has 0 saturated heterocycles. The molecule has 0 saturated carbocycles. The largest absolute Gasteiger partial charge is 0.492 e. The minimum atomic E-state index is -1.20. The molecule has 122 valence electrons. The Morgan fingerprint density at radius 1 is 1.35 bits per heavy atom. The van der Waals surface area contributed by atoms with Crippen molar-refractivity contribution in [3.05, 3.63) is 42.0 Å². The second-order valence-corrected chi connectivity index (χ2v) is 4.72. The average molecular weight is 322 g/mol. The molecule has 0 fully saturated rings. The summed E-state index contributed by atoms with van der Waals surface area (Å²) in [6.07, 6.45) is 1.18. The van der Waals surface area contributed by atoms with Gasteiger partial charge in [-0.05, 0) is 24.3 Å². The lowest BCUT2D eigenvalue weighted by Crippen LogP contribution is -2.33. The van der Waals surface area contributed by atoms with E-state index in [0.717, 1.165) is 4.68 Å². The molecule has 0 radical (unpaired) electrons. The maximum atomic E-state index is 12.7. The van der Waals surface area contributed by atoms with Gasteiger partial charge in [0.2, 0.25) is 5.91 Å². The zero-order chi connectivity index (χ0) is 16.8. The summed E-state index contributed by atoms with van der Waals surface area (Å²) >= 11 is 0. The zero-order valence-electron chi connectivity index (χ0n) is 12.3. The molecule has 1 heterocycles. The van der Waals surface area contributed by atoms with Crippen LogP contribution in [0.3, 0.4) is 0 Å². The molecule has 0 spiro atoms. The molecule has 1 amide bonds. The van der Waals surface area contributed by atoms with Gasteiger partial charge >= 0.3 is 5.97 Å². The van der Waals surface area contributed by atoms with Gasteiger partial charge in [-0.3, -0.25) is 4.79 Å². The summed E-state index contributed by atoms with van der Waals surface area (Å²) in [5.74, 6) is -1.31. The van der Waals surface area contributed by atoms with E-state index < -0.39 is 5.97 Å². The number of halogens is 1. The van der Waals surface area contributed by atoms with E-state index >= 15 is 0 Å². The quantitative estimate of drug-likeness (QED) is 0.804. The number of hydrogen-bond acceptors (Lipinski definition) is 5. The van der Waals surface area contributed by atoms with E-state index in [-0.39, 0.29) is 30.6 Å². The van der Waals surface area contributed by atoms with Gasteiger partial charge < -0.3 is 14.7 Å². The molecule has 1 aromatic carbocycles. The van der Waals surface area contributed by atoms with Gasteiger partial charge in [0.25, 0.3) is 0 Å². The lowest BCUT2D eigenvalue weighted by molar-refractivity contribution is -0.131. The summed E-state index contributed by atoms with van der Waals surface area (Å²) in [4.78, 5) is 24.1. The summed E-state index contributed by atoms with van der Waals surface area (Å²) in [7, 11) is 1.59. The van der Waals surface area contributed by atoms with Crippen LogP contribution in [0.15, 0.2) is 30.5 Å². The normalized spacial score (nSPS) is 10.3. The van der Waals surface area contributed by atoms with Crippen molar-refractivity contribution >= 4 is 11.9 Å². The van der Waals surface area contributed by atoms with E-state index in [0.29, 0.717) is 12.3 Å². The number of carbonyl (C=O) groups is 2. The molecule has 2 aromatic rings. The second-order valence-electron chi connectivity index (χ2n) is 4.72. The number of carbonyl (C=O) groups excluding carboxylic acids is 1. The molecule has 0 aliphatic rings. The lowest BCUT2D eigenvalue weighted by atomic mass is 10.3. The number of likely N-dealkylation sites (N-methyl/N-ethyl adjacent to an activating group) is 1. The number of aromatic carboxylic acids is 1. The Hall–Kier alpha value is -2.97. The van der Waals surface area contributed by atoms with Crippen LogP contribution in [0, 0.1) is 5.82 Å². The van der Waals surface area contributed by atoms with Crippen LogP contribution in [0.4, 0.5) is 4.39 Å². The molecule has 0 bridgehead atoms. The summed E-state index contributed by atoms with van der Waals surface area (Å²) < 4.78 is 19.3. The van der Waals surface area contributed by atoms with Gasteiger partial charge in [0.1, 0.15) is 24.7 Å². The van der Waals surface area contributed by atoms with Crippen molar-refractivity contribution in [2.24, 2.45) is 0 Å². The number of ether oxygens (including phenoxy) is 1. The van der Waals surface area contributed by atoms with E-state index in [4.69, 9.17) is 9.84 Å². The van der Waals surface area contributed by atoms with E-state index in [1.165, 1.54) is 35.4 Å². The SMILES string of the molecule is CN(CCOc1ccc(F)cc1)C(=O)Cn1cc(C(=O)O)nn1. The Kier molecular flexibility index (Phi) is 5.23. The van der Waals surface area contributed by atoms with E-state index in [1.54, 1.807) is 7.05 Å². The molecule has 8 nitrogen and oxygen atoms in total. The first-order valence-electron chi connectivity index (χ1n) is 6.71. The highest BCUT2D eigenvalue weighted by atomic mass is 19.1. The van der Waals surface area contributed by atoms with Crippen molar-refractivity contribution in [3.8, 4) is 5.75 Å². The average Bonchev–Trinajstić information content (AvgIpc) is 2.98. The zero-order valence-corrected chi connectivity index (χ0v) is 12.3. The van der Waals surface area contributed by atoms with Crippen molar-refractivity contribution in [1.82, 2.24) is 19.9 Å². The Morgan fingerprint density at radius 2 is 2.04 bits per heavy atom. The highest BCUT2D eigenvalue weighted by Gasteiger charge is 2.13. The van der Waals surface area contributed by atoms with Crippen molar-refractivity contribution in [3.63, 3.8) is 0 Å². The molecule has 1 aromatic heterocycles. The van der Waals surface area contributed by atoms with Crippen molar-refractivity contribution in [2.75, 3.05) is 20.2 Å². The first-order valence-corrected chi connectivity index (χ1v) is 6.71. The third-order valence-electron chi connectivity index (χ3n) is 2.99. The first kappa shape index (κ1) is 16.4. The van der Waals surface area contributed by atoms with E-state index in [2.05, 4.69) is 10.3 Å². The minimum Gasteiger partial charge on any atom is -0.492 e. The fraction of sp³-hybridized carbons (Fsp3) is 0.286. The van der Waals surface area contributed by atoms with E-state index in [9.17, 15) is 14.0 Å². The number of amides is 1. The third-order valence-corrected chi connectivity index (χ3v) is 2.99. The van der Waals surface area contributed by atoms with Crippen molar-refractivity contribution in [1.29, 1.82) is 0 Å². The molecule has 0 aliphatic heterocycles. The molecular formula is C14H15FN4O4. The highest BCUT2D eigenvalue weighted by Crippen LogP contribution is 2.10. The lowest BCUT2D eigenvalue weighted by Gasteiger charge is -2.17. The van der Waals surface area contributed by atoms with Crippen LogP contribution in [-0.2, 0) is 11.3 Å². The number of rotatable bonds is 7. The standard InChI is InChI=1S/C14H15FN4O4/c1-18(6-7-23-11-4-2-10(15)3-5-11)13(20)9-19-8-12(14(21)22)16-17-19/h2-5,8H,6-7,9H2,1H3,(H,21,22). The number of benzene rings is 1. The van der Waals surface area contributed by atoms with Gasteiger partial charge in [0.15, 0.2) is 5.69 Å². The molecule has 23 heavy (non-hydrogen) atoms. The Balaban J connectivity index is 1.78. The van der Waals surface area contributed by atoms with Crippen LogP contribution in [0.1, 0.15) is 10.5 Å². The number of carboxylic acid groups (broad SMARTS) is 1. The molecule has 2 rings (SSSR count). The summed E-state index contributed by atoms with van der Waals surface area (Å²) in [6.45, 7) is 0.440. The number of aromatic nitrogens is 3. The van der Waals surface area contributed by atoms with Crippen molar-refractivity contribution < 1.29 is 23.8 Å². The number of carboxylic acids is 1. The fourth-order valence-corrected chi connectivity index (χ4v) is 1.69. The van der Waals surface area contributed by atoms with Crippen LogP contribution < -0.4 is 4.74 Å². The summed E-state index contributed by atoms with van der Waals surface area (Å²) in [6, 6.07) is 5.57. The minimum absolute atomic E-state index is 0.118. The molecule has 0 aliphatic carbocycles. The number of hydrogen-bond donors (Lipinski definition) is 1. The summed E-state index contributed by atoms with van der Waals surface area (Å²) in [5.41, 5.74) is -0.222. The van der Waals surface area contributed by atoms with Gasteiger partial charge in [0, 0.05) is 7.05 Å². The number of nitrogens with zero attached hydrogens (tertiary/aromatic N) is 4. The van der Waals surface area contributed by atoms with Crippen molar-refractivity contribution in [2.45, 2.75) is 6.54 Å². The molecule has 0 atom stereocenters. The van der Waals surface area contributed by atoms with Crippen LogP contribution in [0.5, 0.6) is 5.75 Å². The molecule has 0 unspecified atom stereocenters. The topological polar surface area (TPSA) is 97.5 Å². The van der Waals surface area contributed by atoms with Gasteiger partial charge in [0.05, 0.1) is 12.7 Å². The van der Waals surface area contributed by atoms with Crippen LogP contribution in [0.25, 0.3) is 0 Å². The Labute approximate surface area is 131 Å². The van der Waals surface area contributed by atoms with Gasteiger partial charge in [-0.1, -0.05) is 5.21 Å². The maximum absolute atomic E-state index is 12.7. The fourth-order valence-electron chi connectivity index (χ4n) is 1.69. The smallest absolute Gasteiger partial charge is 0.358 e. The second kappa shape index (κ2) is 7.34. The summed E-state index contributed by atoms with van der Waals surface area (Å²) in [5, 5.41) is 15.7. The predicted octanol–water partition coefficient (Wildman–Crippen LogP) is 0.653.